The summed E-state index contributed by atoms with van der Waals surface area (Å²) in [6, 6.07) is 0.177. The van der Waals surface area contributed by atoms with E-state index in [0.29, 0.717) is 5.92 Å². The molecule has 0 bridgehead atoms. The minimum Gasteiger partial charge on any atom is -0.212 e. The maximum absolute atomic E-state index is 11.7. The van der Waals surface area contributed by atoms with Crippen molar-refractivity contribution in [1.82, 2.24) is 4.72 Å². The number of hydrogen-bond acceptors (Lipinski definition) is 2. The van der Waals surface area contributed by atoms with Gasteiger partial charge in [-0.1, -0.05) is 26.2 Å². The lowest BCUT2D eigenvalue weighted by Gasteiger charge is -2.31. The van der Waals surface area contributed by atoms with E-state index in [1.54, 1.807) is 13.8 Å². The van der Waals surface area contributed by atoms with E-state index in [2.05, 4.69) is 11.6 Å². The second kappa shape index (κ2) is 5.30. The van der Waals surface area contributed by atoms with Gasteiger partial charge in [-0.15, -0.1) is 0 Å². The molecule has 1 saturated carbocycles. The summed E-state index contributed by atoms with van der Waals surface area (Å²) in [6.07, 6.45) is 5.65. The maximum atomic E-state index is 11.7. The van der Waals surface area contributed by atoms with Gasteiger partial charge < -0.3 is 0 Å². The first-order chi connectivity index (χ1) is 6.97. The highest BCUT2D eigenvalue weighted by Gasteiger charge is 2.28. The molecule has 3 nitrogen and oxygen atoms in total. The average molecular weight is 233 g/mol. The molecule has 0 radical (unpaired) electrons. The van der Waals surface area contributed by atoms with E-state index in [1.165, 1.54) is 12.8 Å². The van der Waals surface area contributed by atoms with Crippen LogP contribution in [0.15, 0.2) is 0 Å². The normalized spacial score (nSPS) is 28.3. The molecule has 0 heterocycles. The highest BCUT2D eigenvalue weighted by Crippen LogP contribution is 2.27. The number of hydrogen-bond donors (Lipinski definition) is 1. The molecule has 0 aromatic rings. The average Bonchev–Trinajstić information content (AvgIpc) is 2.18. The molecule has 2 atom stereocenters. The Kier molecular flexibility index (Phi) is 4.59. The summed E-state index contributed by atoms with van der Waals surface area (Å²) in [5.74, 6) is 0.535. The van der Waals surface area contributed by atoms with Crippen LogP contribution < -0.4 is 4.72 Å². The van der Waals surface area contributed by atoms with E-state index in [-0.39, 0.29) is 11.3 Å². The monoisotopic (exact) mass is 233 g/mol. The molecule has 1 aliphatic rings. The number of nitrogens with one attached hydrogen (secondary N) is 1. The minimum absolute atomic E-state index is 0.177. The molecule has 0 aromatic carbocycles. The van der Waals surface area contributed by atoms with E-state index in [0.717, 1.165) is 19.3 Å². The van der Waals surface area contributed by atoms with Gasteiger partial charge in [-0.25, -0.2) is 13.1 Å². The van der Waals surface area contributed by atoms with Crippen LogP contribution in [0.4, 0.5) is 0 Å². The van der Waals surface area contributed by atoms with Crippen molar-refractivity contribution in [2.45, 2.75) is 64.2 Å². The Morgan fingerprint density at radius 1 is 1.27 bits per heavy atom. The molecule has 1 N–H and O–H groups in total. The molecule has 0 amide bonds. The molecule has 1 fully saturated rings. The van der Waals surface area contributed by atoms with Gasteiger partial charge >= 0.3 is 0 Å². The molecular weight excluding hydrogens is 210 g/mol. The van der Waals surface area contributed by atoms with Crippen molar-refractivity contribution in [3.8, 4) is 0 Å². The van der Waals surface area contributed by atoms with E-state index in [1.807, 2.05) is 0 Å². The smallest absolute Gasteiger partial charge is 0.212 e. The van der Waals surface area contributed by atoms with Crippen molar-refractivity contribution in [3.05, 3.63) is 0 Å². The van der Waals surface area contributed by atoms with Crippen LogP contribution in [0.25, 0.3) is 0 Å². The Morgan fingerprint density at radius 3 is 2.40 bits per heavy atom. The fraction of sp³-hybridized carbons (Fsp3) is 1.00. The van der Waals surface area contributed by atoms with Crippen LogP contribution in [-0.4, -0.2) is 19.7 Å². The van der Waals surface area contributed by atoms with Gasteiger partial charge in [-0.05, 0) is 32.6 Å². The lowest BCUT2D eigenvalue weighted by atomic mass is 9.83. The molecule has 90 valence electrons. The predicted octanol–water partition coefficient (Wildman–Crippen LogP) is 2.28. The summed E-state index contributed by atoms with van der Waals surface area (Å²) in [6.45, 7) is 5.60. The second-order valence-corrected chi connectivity index (χ2v) is 7.04. The summed E-state index contributed by atoms with van der Waals surface area (Å²) in [4.78, 5) is 0. The van der Waals surface area contributed by atoms with E-state index in [9.17, 15) is 8.42 Å². The third kappa shape index (κ3) is 3.45. The summed E-state index contributed by atoms with van der Waals surface area (Å²) < 4.78 is 26.4. The van der Waals surface area contributed by atoms with Crippen molar-refractivity contribution >= 4 is 10.0 Å². The largest absolute Gasteiger partial charge is 0.214 e. The van der Waals surface area contributed by atoms with Crippen LogP contribution in [0.5, 0.6) is 0 Å². The molecule has 0 aromatic heterocycles. The van der Waals surface area contributed by atoms with Crippen LogP contribution in [0.1, 0.15) is 52.9 Å². The third-order valence-corrected chi connectivity index (χ3v) is 5.24. The SMILES string of the molecule is CCC1CCCCC1NS(=O)(=O)C(C)C. The van der Waals surface area contributed by atoms with Gasteiger partial charge in [-0.2, -0.15) is 0 Å². The standard InChI is InChI=1S/C11H23NO2S/c1-4-10-7-5-6-8-11(10)12-15(13,14)9(2)3/h9-12H,4-8H2,1-3H3. The first kappa shape index (κ1) is 13.0. The zero-order chi connectivity index (χ0) is 11.5. The highest BCUT2D eigenvalue weighted by molar-refractivity contribution is 7.90. The third-order valence-electron chi connectivity index (χ3n) is 3.37. The summed E-state index contributed by atoms with van der Waals surface area (Å²) >= 11 is 0. The van der Waals surface area contributed by atoms with Gasteiger partial charge in [-0.3, -0.25) is 0 Å². The first-order valence-electron chi connectivity index (χ1n) is 5.98. The highest BCUT2D eigenvalue weighted by atomic mass is 32.2. The lowest BCUT2D eigenvalue weighted by Crippen LogP contribution is -2.44. The zero-order valence-corrected chi connectivity index (χ0v) is 10.8. The fourth-order valence-corrected chi connectivity index (χ4v) is 3.20. The zero-order valence-electron chi connectivity index (χ0n) is 9.99. The van der Waals surface area contributed by atoms with Crippen molar-refractivity contribution in [2.24, 2.45) is 5.92 Å². The van der Waals surface area contributed by atoms with Gasteiger partial charge in [0.15, 0.2) is 0 Å². The van der Waals surface area contributed by atoms with Gasteiger partial charge in [0, 0.05) is 6.04 Å². The van der Waals surface area contributed by atoms with Crippen LogP contribution in [0, 0.1) is 5.92 Å². The van der Waals surface area contributed by atoms with Crippen molar-refractivity contribution < 1.29 is 8.42 Å². The lowest BCUT2D eigenvalue weighted by molar-refractivity contribution is 0.282. The van der Waals surface area contributed by atoms with E-state index in [4.69, 9.17) is 0 Å². The molecule has 4 heteroatoms. The fourth-order valence-electron chi connectivity index (χ4n) is 2.20. The molecule has 1 rings (SSSR count). The Bertz CT molecular complexity index is 285. The van der Waals surface area contributed by atoms with Crippen LogP contribution >= 0.6 is 0 Å². The van der Waals surface area contributed by atoms with Crippen molar-refractivity contribution in [3.63, 3.8) is 0 Å². The Hall–Kier alpha value is -0.0900. The summed E-state index contributed by atoms with van der Waals surface area (Å²) in [5.41, 5.74) is 0. The predicted molar refractivity (Wildman–Crippen MR) is 63.2 cm³/mol. The number of sulfonamides is 1. The van der Waals surface area contributed by atoms with Crippen LogP contribution in [0.2, 0.25) is 0 Å². The molecular formula is C11H23NO2S. The molecule has 2 unspecified atom stereocenters. The quantitative estimate of drug-likeness (QED) is 0.809. The maximum Gasteiger partial charge on any atom is 0.214 e. The Balaban J connectivity index is 2.63. The summed E-state index contributed by atoms with van der Waals surface area (Å²) in [7, 11) is -3.09. The van der Waals surface area contributed by atoms with Crippen LogP contribution in [-0.2, 0) is 10.0 Å². The molecule has 0 spiro atoms. The van der Waals surface area contributed by atoms with Crippen molar-refractivity contribution in [1.29, 1.82) is 0 Å². The van der Waals surface area contributed by atoms with Crippen LogP contribution in [0.3, 0.4) is 0 Å². The van der Waals surface area contributed by atoms with Gasteiger partial charge in [0.1, 0.15) is 0 Å². The Morgan fingerprint density at radius 2 is 1.87 bits per heavy atom. The molecule has 0 saturated heterocycles. The van der Waals surface area contributed by atoms with E-state index < -0.39 is 10.0 Å². The van der Waals surface area contributed by atoms with Gasteiger partial charge in [0.25, 0.3) is 0 Å². The molecule has 0 aliphatic heterocycles. The second-order valence-electron chi connectivity index (χ2n) is 4.77. The van der Waals surface area contributed by atoms with Crippen molar-refractivity contribution in [2.75, 3.05) is 0 Å². The van der Waals surface area contributed by atoms with Gasteiger partial charge in [0.2, 0.25) is 10.0 Å². The van der Waals surface area contributed by atoms with Gasteiger partial charge in [0.05, 0.1) is 5.25 Å². The first-order valence-corrected chi connectivity index (χ1v) is 7.53. The summed E-state index contributed by atoms with van der Waals surface area (Å²) in [5, 5.41) is -0.322. The number of rotatable bonds is 4. The molecule has 15 heavy (non-hydrogen) atoms. The Labute approximate surface area is 93.7 Å². The minimum atomic E-state index is -3.09. The topological polar surface area (TPSA) is 46.2 Å². The van der Waals surface area contributed by atoms with E-state index >= 15 is 0 Å². The molecule has 1 aliphatic carbocycles.